The van der Waals surface area contributed by atoms with E-state index in [0.29, 0.717) is 12.3 Å². The summed E-state index contributed by atoms with van der Waals surface area (Å²) in [7, 11) is 0. The molecule has 0 rings (SSSR count). The van der Waals surface area contributed by atoms with Crippen LogP contribution in [0.4, 0.5) is 0 Å². The lowest BCUT2D eigenvalue weighted by Gasteiger charge is -2.04. The van der Waals surface area contributed by atoms with Crippen molar-refractivity contribution >= 4 is 17.7 Å². The van der Waals surface area contributed by atoms with Gasteiger partial charge in [0.25, 0.3) is 0 Å². The fraction of sp³-hybridized carbons (Fsp3) is 0.667. The minimum absolute atomic E-state index is 0.0644. The van der Waals surface area contributed by atoms with E-state index in [1.165, 1.54) is 0 Å². The van der Waals surface area contributed by atoms with Crippen molar-refractivity contribution in [1.82, 2.24) is 5.32 Å². The minimum Gasteiger partial charge on any atom is -0.352 e. The molecule has 13 heavy (non-hydrogen) atoms. The van der Waals surface area contributed by atoms with Gasteiger partial charge in [-0.05, 0) is 19.1 Å². The van der Waals surface area contributed by atoms with Crippen molar-refractivity contribution in [2.24, 2.45) is 5.73 Å². The highest BCUT2D eigenvalue weighted by atomic mass is 32.2. The molecule has 0 spiro atoms. The molecular weight excluding hydrogens is 184 g/mol. The Labute approximate surface area is 84.1 Å². The molecule has 1 unspecified atom stereocenters. The summed E-state index contributed by atoms with van der Waals surface area (Å²) in [5, 5.41) is 2.71. The van der Waals surface area contributed by atoms with E-state index in [1.807, 2.05) is 6.92 Å². The molecular formula is C9H18N2OS. The summed E-state index contributed by atoms with van der Waals surface area (Å²) in [6.07, 6.45) is 2.63. The Hall–Kier alpha value is -0.480. The van der Waals surface area contributed by atoms with Crippen LogP contribution in [-0.4, -0.2) is 30.0 Å². The third-order valence-corrected chi connectivity index (χ3v) is 2.38. The third-order valence-electron chi connectivity index (χ3n) is 1.39. The molecule has 1 amide bonds. The first-order valence-electron chi connectivity index (χ1n) is 4.37. The van der Waals surface area contributed by atoms with Gasteiger partial charge in [0.05, 0.1) is 5.75 Å². The molecule has 4 heteroatoms. The van der Waals surface area contributed by atoms with Crippen LogP contribution in [0.25, 0.3) is 0 Å². The van der Waals surface area contributed by atoms with Crippen LogP contribution < -0.4 is 11.1 Å². The average Bonchev–Trinajstić information content (AvgIpc) is 2.08. The topological polar surface area (TPSA) is 55.1 Å². The molecule has 0 aliphatic heterocycles. The van der Waals surface area contributed by atoms with Crippen LogP contribution >= 0.6 is 11.8 Å². The molecule has 0 saturated carbocycles. The second-order valence-corrected chi connectivity index (χ2v) is 4.02. The fourth-order valence-corrected chi connectivity index (χ4v) is 1.64. The van der Waals surface area contributed by atoms with Crippen molar-refractivity contribution in [2.45, 2.75) is 19.4 Å². The minimum atomic E-state index is 0.0644. The number of carbonyl (C=O) groups is 1. The van der Waals surface area contributed by atoms with Gasteiger partial charge in [0.15, 0.2) is 0 Å². The smallest absolute Gasteiger partial charge is 0.230 e. The Kier molecular flexibility index (Phi) is 7.83. The number of thioether (sulfide) groups is 1. The molecule has 3 N–H and O–H groups in total. The standard InChI is InChI=1S/C9H18N2OS/c1-3-5-11-9(12)7-13-6-4-8(2)10/h3,8H,1,4-7,10H2,2H3,(H,11,12). The molecule has 0 aromatic carbocycles. The Morgan fingerprint density at radius 2 is 2.46 bits per heavy atom. The largest absolute Gasteiger partial charge is 0.352 e. The van der Waals surface area contributed by atoms with E-state index in [9.17, 15) is 4.79 Å². The Morgan fingerprint density at radius 3 is 3.00 bits per heavy atom. The predicted octanol–water partition coefficient (Wildman–Crippen LogP) is 0.759. The number of rotatable bonds is 7. The highest BCUT2D eigenvalue weighted by Crippen LogP contribution is 2.02. The number of hydrogen-bond acceptors (Lipinski definition) is 3. The van der Waals surface area contributed by atoms with Gasteiger partial charge in [0.1, 0.15) is 0 Å². The normalized spacial score (nSPS) is 12.2. The van der Waals surface area contributed by atoms with Crippen LogP contribution in [0.15, 0.2) is 12.7 Å². The van der Waals surface area contributed by atoms with Crippen LogP contribution in [0, 0.1) is 0 Å². The van der Waals surface area contributed by atoms with E-state index in [-0.39, 0.29) is 11.9 Å². The average molecular weight is 202 g/mol. The van der Waals surface area contributed by atoms with Gasteiger partial charge in [0, 0.05) is 12.6 Å². The number of nitrogens with two attached hydrogens (primary N) is 1. The van der Waals surface area contributed by atoms with Crippen molar-refractivity contribution < 1.29 is 4.79 Å². The summed E-state index contributed by atoms with van der Waals surface area (Å²) in [6.45, 7) is 6.03. The maximum Gasteiger partial charge on any atom is 0.230 e. The number of carbonyl (C=O) groups excluding carboxylic acids is 1. The van der Waals surface area contributed by atoms with Gasteiger partial charge in [-0.15, -0.1) is 6.58 Å². The number of nitrogens with one attached hydrogen (secondary N) is 1. The van der Waals surface area contributed by atoms with Crippen LogP contribution in [-0.2, 0) is 4.79 Å². The molecule has 3 nitrogen and oxygen atoms in total. The first-order chi connectivity index (χ1) is 6.16. The molecule has 0 aliphatic rings. The zero-order valence-corrected chi connectivity index (χ0v) is 8.90. The summed E-state index contributed by atoms with van der Waals surface area (Å²) < 4.78 is 0. The van der Waals surface area contributed by atoms with Gasteiger partial charge in [-0.1, -0.05) is 6.08 Å². The Morgan fingerprint density at radius 1 is 1.77 bits per heavy atom. The maximum absolute atomic E-state index is 11.0. The van der Waals surface area contributed by atoms with Crippen LogP contribution in [0.2, 0.25) is 0 Å². The summed E-state index contributed by atoms with van der Waals surface area (Å²) in [6, 6.07) is 0.226. The SMILES string of the molecule is C=CCNC(=O)CSCCC(C)N. The number of hydrogen-bond donors (Lipinski definition) is 2. The highest BCUT2D eigenvalue weighted by Gasteiger charge is 2.00. The third kappa shape index (κ3) is 9.43. The molecule has 0 aromatic heterocycles. The number of amides is 1. The molecule has 0 heterocycles. The summed E-state index contributed by atoms with van der Waals surface area (Å²) in [5.74, 6) is 1.52. The second-order valence-electron chi connectivity index (χ2n) is 2.91. The fourth-order valence-electron chi connectivity index (χ4n) is 0.671. The van der Waals surface area contributed by atoms with Gasteiger partial charge in [0.2, 0.25) is 5.91 Å². The van der Waals surface area contributed by atoms with E-state index in [0.717, 1.165) is 12.2 Å². The summed E-state index contributed by atoms with van der Waals surface area (Å²) in [5.41, 5.74) is 5.56. The maximum atomic E-state index is 11.0. The molecule has 1 atom stereocenters. The van der Waals surface area contributed by atoms with Crippen molar-refractivity contribution in [3.8, 4) is 0 Å². The van der Waals surface area contributed by atoms with Crippen LogP contribution in [0.1, 0.15) is 13.3 Å². The molecule has 0 fully saturated rings. The predicted molar refractivity (Wildman–Crippen MR) is 58.8 cm³/mol. The van der Waals surface area contributed by atoms with Gasteiger partial charge >= 0.3 is 0 Å². The lowest BCUT2D eigenvalue weighted by Crippen LogP contribution is -2.25. The van der Waals surface area contributed by atoms with Crippen LogP contribution in [0.3, 0.4) is 0 Å². The molecule has 0 bridgehead atoms. The molecule has 0 radical (unpaired) electrons. The first-order valence-corrected chi connectivity index (χ1v) is 5.53. The van der Waals surface area contributed by atoms with Gasteiger partial charge in [-0.3, -0.25) is 4.79 Å². The summed E-state index contributed by atoms with van der Waals surface area (Å²) in [4.78, 5) is 11.0. The van der Waals surface area contributed by atoms with Crippen molar-refractivity contribution in [3.63, 3.8) is 0 Å². The van der Waals surface area contributed by atoms with E-state index in [1.54, 1.807) is 17.8 Å². The quantitative estimate of drug-likeness (QED) is 0.473. The van der Waals surface area contributed by atoms with Crippen LogP contribution in [0.5, 0.6) is 0 Å². The zero-order chi connectivity index (χ0) is 10.1. The lowest BCUT2D eigenvalue weighted by molar-refractivity contribution is -0.118. The molecule has 0 aliphatic carbocycles. The molecule has 76 valence electrons. The van der Waals surface area contributed by atoms with Gasteiger partial charge < -0.3 is 11.1 Å². The van der Waals surface area contributed by atoms with Crippen molar-refractivity contribution in [2.75, 3.05) is 18.1 Å². The first kappa shape index (κ1) is 12.5. The Bertz CT molecular complexity index is 160. The van der Waals surface area contributed by atoms with Crippen molar-refractivity contribution in [1.29, 1.82) is 0 Å². The zero-order valence-electron chi connectivity index (χ0n) is 8.08. The second kappa shape index (κ2) is 8.13. The van der Waals surface area contributed by atoms with Crippen molar-refractivity contribution in [3.05, 3.63) is 12.7 Å². The van der Waals surface area contributed by atoms with E-state index in [4.69, 9.17) is 5.73 Å². The summed E-state index contributed by atoms with van der Waals surface area (Å²) >= 11 is 1.61. The lowest BCUT2D eigenvalue weighted by atomic mass is 10.3. The Balaban J connectivity index is 3.21. The van der Waals surface area contributed by atoms with E-state index < -0.39 is 0 Å². The van der Waals surface area contributed by atoms with Gasteiger partial charge in [-0.25, -0.2) is 0 Å². The van der Waals surface area contributed by atoms with E-state index in [2.05, 4.69) is 11.9 Å². The molecule has 0 saturated heterocycles. The monoisotopic (exact) mass is 202 g/mol. The van der Waals surface area contributed by atoms with Gasteiger partial charge in [-0.2, -0.15) is 11.8 Å². The highest BCUT2D eigenvalue weighted by molar-refractivity contribution is 7.99. The molecule has 0 aromatic rings. The van der Waals surface area contributed by atoms with E-state index >= 15 is 0 Å².